The molecule has 0 bridgehead atoms. The molecular weight excluding hydrogens is 172 g/mol. The Kier molecular flexibility index (Phi) is 3.45. The lowest BCUT2D eigenvalue weighted by atomic mass is 9.99. The molecule has 2 unspecified atom stereocenters. The molecule has 0 amide bonds. The molecule has 2 nitrogen and oxygen atoms in total. The summed E-state index contributed by atoms with van der Waals surface area (Å²) in [6.07, 6.45) is 9.46. The number of hydrogen-bond acceptors (Lipinski definition) is 2. The van der Waals surface area contributed by atoms with Crippen LogP contribution in [0.15, 0.2) is 0 Å². The van der Waals surface area contributed by atoms with E-state index in [0.29, 0.717) is 18.1 Å². The Bertz CT molecular complexity index is 175. The summed E-state index contributed by atoms with van der Waals surface area (Å²) in [4.78, 5) is 0. The minimum Gasteiger partial charge on any atom is -0.328 e. The van der Waals surface area contributed by atoms with E-state index in [0.717, 1.165) is 5.92 Å². The van der Waals surface area contributed by atoms with Crippen LogP contribution in [-0.2, 0) is 0 Å². The Labute approximate surface area is 87.6 Å². The first-order valence-electron chi connectivity index (χ1n) is 6.27. The molecule has 0 saturated heterocycles. The van der Waals surface area contributed by atoms with Gasteiger partial charge in [0.05, 0.1) is 0 Å². The van der Waals surface area contributed by atoms with E-state index in [4.69, 9.17) is 5.73 Å². The molecule has 3 atom stereocenters. The molecule has 14 heavy (non-hydrogen) atoms. The Morgan fingerprint density at radius 2 is 1.86 bits per heavy atom. The Hall–Kier alpha value is -0.0800. The number of nitrogens with two attached hydrogens (primary N) is 1. The molecule has 2 aliphatic rings. The van der Waals surface area contributed by atoms with Gasteiger partial charge in [-0.2, -0.15) is 0 Å². The normalized spacial score (nSPS) is 36.4. The van der Waals surface area contributed by atoms with Crippen LogP contribution < -0.4 is 11.1 Å². The van der Waals surface area contributed by atoms with Crippen LogP contribution in [0.5, 0.6) is 0 Å². The molecule has 2 fully saturated rings. The average molecular weight is 196 g/mol. The SMILES string of the molecule is C[C@@H](NC1CCC(N)C1)C1CCCC1. The topological polar surface area (TPSA) is 38.0 Å². The van der Waals surface area contributed by atoms with Crippen molar-refractivity contribution in [1.82, 2.24) is 5.32 Å². The van der Waals surface area contributed by atoms with Gasteiger partial charge in [0, 0.05) is 18.1 Å². The van der Waals surface area contributed by atoms with Crippen molar-refractivity contribution >= 4 is 0 Å². The van der Waals surface area contributed by atoms with E-state index >= 15 is 0 Å². The molecule has 0 aromatic carbocycles. The van der Waals surface area contributed by atoms with Crippen LogP contribution in [0.1, 0.15) is 51.9 Å². The van der Waals surface area contributed by atoms with Crippen molar-refractivity contribution in [2.24, 2.45) is 11.7 Å². The standard InChI is InChI=1S/C12H24N2/c1-9(10-4-2-3-5-10)14-12-7-6-11(13)8-12/h9-12,14H,2-8,13H2,1H3/t9-,11?,12?/m1/s1. The first kappa shape index (κ1) is 10.4. The summed E-state index contributed by atoms with van der Waals surface area (Å²) >= 11 is 0. The molecule has 0 aliphatic heterocycles. The zero-order valence-electron chi connectivity index (χ0n) is 9.34. The van der Waals surface area contributed by atoms with Crippen LogP contribution in [-0.4, -0.2) is 18.1 Å². The van der Waals surface area contributed by atoms with Crippen LogP contribution in [0.3, 0.4) is 0 Å². The van der Waals surface area contributed by atoms with Crippen molar-refractivity contribution < 1.29 is 0 Å². The molecule has 0 aromatic heterocycles. The van der Waals surface area contributed by atoms with Crippen LogP contribution in [0, 0.1) is 5.92 Å². The van der Waals surface area contributed by atoms with Gasteiger partial charge in [-0.25, -0.2) is 0 Å². The lowest BCUT2D eigenvalue weighted by Gasteiger charge is -2.24. The van der Waals surface area contributed by atoms with Crippen molar-refractivity contribution in [1.29, 1.82) is 0 Å². The highest BCUT2D eigenvalue weighted by Crippen LogP contribution is 2.28. The fourth-order valence-electron chi connectivity index (χ4n) is 3.13. The van der Waals surface area contributed by atoms with Crippen LogP contribution in [0.25, 0.3) is 0 Å². The van der Waals surface area contributed by atoms with Gasteiger partial charge in [0.25, 0.3) is 0 Å². The van der Waals surface area contributed by atoms with Crippen molar-refractivity contribution in [3.8, 4) is 0 Å². The van der Waals surface area contributed by atoms with Crippen molar-refractivity contribution in [2.45, 2.75) is 70.0 Å². The van der Waals surface area contributed by atoms with Gasteiger partial charge in [-0.05, 0) is 44.9 Å². The molecule has 2 heteroatoms. The lowest BCUT2D eigenvalue weighted by Crippen LogP contribution is -2.39. The Morgan fingerprint density at radius 1 is 1.14 bits per heavy atom. The second kappa shape index (κ2) is 4.63. The quantitative estimate of drug-likeness (QED) is 0.725. The molecule has 2 aliphatic carbocycles. The summed E-state index contributed by atoms with van der Waals surface area (Å²) < 4.78 is 0. The van der Waals surface area contributed by atoms with Gasteiger partial charge in [-0.3, -0.25) is 0 Å². The molecule has 0 spiro atoms. The molecule has 0 radical (unpaired) electrons. The highest BCUT2D eigenvalue weighted by atomic mass is 15.0. The van der Waals surface area contributed by atoms with Gasteiger partial charge >= 0.3 is 0 Å². The second-order valence-electron chi connectivity index (χ2n) is 5.27. The van der Waals surface area contributed by atoms with Crippen molar-refractivity contribution in [3.05, 3.63) is 0 Å². The fourth-order valence-corrected chi connectivity index (χ4v) is 3.13. The zero-order chi connectivity index (χ0) is 9.97. The van der Waals surface area contributed by atoms with Crippen LogP contribution in [0.4, 0.5) is 0 Å². The number of nitrogens with one attached hydrogen (secondary N) is 1. The zero-order valence-corrected chi connectivity index (χ0v) is 9.34. The van der Waals surface area contributed by atoms with Gasteiger partial charge in [-0.1, -0.05) is 12.8 Å². The first-order valence-corrected chi connectivity index (χ1v) is 6.27. The van der Waals surface area contributed by atoms with Gasteiger partial charge in [0.1, 0.15) is 0 Å². The van der Waals surface area contributed by atoms with Gasteiger partial charge in [-0.15, -0.1) is 0 Å². The maximum atomic E-state index is 5.91. The minimum atomic E-state index is 0.461. The van der Waals surface area contributed by atoms with Crippen LogP contribution in [0.2, 0.25) is 0 Å². The Morgan fingerprint density at radius 3 is 2.43 bits per heavy atom. The van der Waals surface area contributed by atoms with E-state index in [9.17, 15) is 0 Å². The molecule has 82 valence electrons. The average Bonchev–Trinajstić information content (AvgIpc) is 2.75. The molecule has 3 N–H and O–H groups in total. The second-order valence-corrected chi connectivity index (χ2v) is 5.27. The third-order valence-corrected chi connectivity index (χ3v) is 4.08. The highest BCUT2D eigenvalue weighted by molar-refractivity contribution is 4.87. The summed E-state index contributed by atoms with van der Waals surface area (Å²) in [7, 11) is 0. The van der Waals surface area contributed by atoms with E-state index in [2.05, 4.69) is 12.2 Å². The maximum absolute atomic E-state index is 5.91. The van der Waals surface area contributed by atoms with E-state index < -0.39 is 0 Å². The van der Waals surface area contributed by atoms with E-state index in [1.165, 1.54) is 44.9 Å². The molecule has 0 heterocycles. The lowest BCUT2D eigenvalue weighted by molar-refractivity contribution is 0.341. The van der Waals surface area contributed by atoms with Crippen molar-refractivity contribution in [2.75, 3.05) is 0 Å². The molecule has 0 aromatic rings. The number of hydrogen-bond donors (Lipinski definition) is 2. The predicted molar refractivity (Wildman–Crippen MR) is 60.2 cm³/mol. The largest absolute Gasteiger partial charge is 0.328 e. The van der Waals surface area contributed by atoms with E-state index in [1.54, 1.807) is 0 Å². The number of rotatable bonds is 3. The summed E-state index contributed by atoms with van der Waals surface area (Å²) in [5.74, 6) is 0.937. The minimum absolute atomic E-state index is 0.461. The summed E-state index contributed by atoms with van der Waals surface area (Å²) in [6, 6.07) is 1.89. The van der Waals surface area contributed by atoms with E-state index in [1.807, 2.05) is 0 Å². The highest BCUT2D eigenvalue weighted by Gasteiger charge is 2.27. The predicted octanol–water partition coefficient (Wildman–Crippen LogP) is 2.03. The van der Waals surface area contributed by atoms with Gasteiger partial charge in [0.15, 0.2) is 0 Å². The van der Waals surface area contributed by atoms with Crippen molar-refractivity contribution in [3.63, 3.8) is 0 Å². The van der Waals surface area contributed by atoms with E-state index in [-0.39, 0.29) is 0 Å². The summed E-state index contributed by atoms with van der Waals surface area (Å²) in [6.45, 7) is 2.36. The monoisotopic (exact) mass is 196 g/mol. The summed E-state index contributed by atoms with van der Waals surface area (Å²) in [5.41, 5.74) is 5.91. The van der Waals surface area contributed by atoms with Gasteiger partial charge < -0.3 is 11.1 Å². The Balaban J connectivity index is 1.73. The fraction of sp³-hybridized carbons (Fsp3) is 1.00. The van der Waals surface area contributed by atoms with Crippen LogP contribution >= 0.6 is 0 Å². The molecule has 2 rings (SSSR count). The third-order valence-electron chi connectivity index (χ3n) is 4.08. The maximum Gasteiger partial charge on any atom is 0.00849 e. The molecule has 2 saturated carbocycles. The first-order chi connectivity index (χ1) is 6.75. The smallest absolute Gasteiger partial charge is 0.00849 e. The third kappa shape index (κ3) is 2.48. The van der Waals surface area contributed by atoms with Gasteiger partial charge in [0.2, 0.25) is 0 Å². The molecular formula is C12H24N2. The summed E-state index contributed by atoms with van der Waals surface area (Å²) in [5, 5.41) is 3.77.